The molecule has 5 heterocycles. The Morgan fingerprint density at radius 3 is 2.69 bits per heavy atom. The zero-order valence-corrected chi connectivity index (χ0v) is 22.5. The van der Waals surface area contributed by atoms with Crippen LogP contribution < -0.4 is 26.8 Å². The number of para-hydroxylation sites is 1. The first-order valence-electron chi connectivity index (χ1n) is 13.5. The molecule has 2 N–H and O–H groups in total. The highest BCUT2D eigenvalue weighted by molar-refractivity contribution is 5.82. The molecule has 12 heteroatoms. The molecule has 2 fully saturated rings. The Hall–Kier alpha value is -4.06. The maximum Gasteiger partial charge on any atom is 0.332 e. The number of piperidine rings is 1. The van der Waals surface area contributed by atoms with Crippen molar-refractivity contribution in [2.75, 3.05) is 24.5 Å². The predicted octanol–water partition coefficient (Wildman–Crippen LogP) is 0.571. The molecular weight excluding hydrogens is 498 g/mol. The lowest BCUT2D eigenvalue weighted by atomic mass is 10.1. The third kappa shape index (κ3) is 4.48. The number of carbonyl (C=O) groups is 1. The summed E-state index contributed by atoms with van der Waals surface area (Å²) in [6, 6.07) is 7.53. The highest BCUT2D eigenvalue weighted by Crippen LogP contribution is 2.22. The van der Waals surface area contributed by atoms with Gasteiger partial charge in [-0.1, -0.05) is 18.2 Å². The molecule has 0 aliphatic carbocycles. The van der Waals surface area contributed by atoms with Crippen LogP contribution in [0.1, 0.15) is 37.2 Å². The van der Waals surface area contributed by atoms with Crippen molar-refractivity contribution in [1.82, 2.24) is 39.3 Å². The number of imidazole rings is 1. The van der Waals surface area contributed by atoms with Crippen molar-refractivity contribution in [3.05, 3.63) is 56.6 Å². The normalized spacial score (nSPS) is 19.7. The lowest BCUT2D eigenvalue weighted by Crippen LogP contribution is -2.52. The van der Waals surface area contributed by atoms with Gasteiger partial charge in [-0.15, -0.1) is 0 Å². The summed E-state index contributed by atoms with van der Waals surface area (Å²) in [7, 11) is 3.42. The van der Waals surface area contributed by atoms with Crippen LogP contribution in [0.3, 0.4) is 0 Å². The smallest absolute Gasteiger partial charge is 0.332 e. The zero-order valence-electron chi connectivity index (χ0n) is 22.5. The number of fused-ring (bicyclic) bond motifs is 2. The van der Waals surface area contributed by atoms with Crippen molar-refractivity contribution in [1.29, 1.82) is 0 Å². The molecule has 1 amide bonds. The SMILES string of the molecule is Cc1nc(Cn2c(=O)c3c(nc(N4CCCC(NC(=O)C5CCCN5)C4)n3C)n(C)c2=O)nc2ccccc12. The van der Waals surface area contributed by atoms with Gasteiger partial charge in [-0.2, -0.15) is 4.98 Å². The molecule has 4 aromatic rings. The minimum Gasteiger partial charge on any atom is -0.350 e. The Kier molecular flexibility index (Phi) is 6.42. The first kappa shape index (κ1) is 25.2. The summed E-state index contributed by atoms with van der Waals surface area (Å²) in [4.78, 5) is 55.6. The number of aryl methyl sites for hydroxylation is 3. The third-order valence-electron chi connectivity index (χ3n) is 7.90. The fraction of sp³-hybridized carbons (Fsp3) is 0.481. The van der Waals surface area contributed by atoms with Crippen molar-refractivity contribution in [2.45, 2.75) is 51.2 Å². The van der Waals surface area contributed by atoms with E-state index in [2.05, 4.69) is 25.5 Å². The summed E-state index contributed by atoms with van der Waals surface area (Å²) in [5, 5.41) is 7.37. The van der Waals surface area contributed by atoms with E-state index < -0.39 is 11.2 Å². The van der Waals surface area contributed by atoms with E-state index >= 15 is 0 Å². The van der Waals surface area contributed by atoms with Crippen LogP contribution in [0.5, 0.6) is 0 Å². The first-order chi connectivity index (χ1) is 18.8. The molecule has 3 aromatic heterocycles. The van der Waals surface area contributed by atoms with Gasteiger partial charge in [0.25, 0.3) is 5.56 Å². The van der Waals surface area contributed by atoms with Crippen LogP contribution in [0.25, 0.3) is 22.1 Å². The van der Waals surface area contributed by atoms with Crippen molar-refractivity contribution in [3.63, 3.8) is 0 Å². The largest absolute Gasteiger partial charge is 0.350 e. The summed E-state index contributed by atoms with van der Waals surface area (Å²) < 4.78 is 4.33. The number of hydrogen-bond acceptors (Lipinski definition) is 8. The molecule has 0 bridgehead atoms. The lowest BCUT2D eigenvalue weighted by molar-refractivity contribution is -0.123. The van der Waals surface area contributed by atoms with Gasteiger partial charge in [0.15, 0.2) is 11.2 Å². The number of anilines is 1. The van der Waals surface area contributed by atoms with Gasteiger partial charge in [-0.3, -0.25) is 18.7 Å². The molecule has 0 radical (unpaired) electrons. The standard InChI is InChI=1S/C27H33N9O3/c1-16-18-9-4-5-10-19(18)31-21(29-16)15-36-25(38)22-23(34(3)27(36)39)32-26(33(22)2)35-13-7-8-17(14-35)30-24(37)20-11-6-12-28-20/h4-5,9-10,17,20,28H,6-8,11-15H2,1-3H3,(H,30,37). The number of nitrogens with zero attached hydrogens (tertiary/aromatic N) is 7. The molecule has 2 atom stereocenters. The third-order valence-corrected chi connectivity index (χ3v) is 7.90. The lowest BCUT2D eigenvalue weighted by Gasteiger charge is -2.34. The van der Waals surface area contributed by atoms with Gasteiger partial charge in [0.1, 0.15) is 5.82 Å². The van der Waals surface area contributed by atoms with Gasteiger partial charge in [-0.05, 0) is 45.2 Å². The van der Waals surface area contributed by atoms with E-state index in [1.165, 1.54) is 9.13 Å². The second-order valence-corrected chi connectivity index (χ2v) is 10.6. The van der Waals surface area contributed by atoms with Gasteiger partial charge in [0, 0.05) is 44.3 Å². The summed E-state index contributed by atoms with van der Waals surface area (Å²) in [6.07, 6.45) is 3.64. The van der Waals surface area contributed by atoms with Crippen LogP contribution in [0.15, 0.2) is 33.9 Å². The Balaban J connectivity index is 1.32. The molecule has 2 aliphatic rings. The quantitative estimate of drug-likeness (QED) is 0.382. The number of carbonyl (C=O) groups excluding carboxylic acids is 1. The fourth-order valence-corrected chi connectivity index (χ4v) is 5.85. The molecule has 2 aliphatic heterocycles. The topological polar surface area (TPSA) is 132 Å². The minimum absolute atomic E-state index is 0.0118. The minimum atomic E-state index is -0.473. The number of benzene rings is 1. The highest BCUT2D eigenvalue weighted by atomic mass is 16.2. The molecule has 12 nitrogen and oxygen atoms in total. The second kappa shape index (κ2) is 9.92. The van der Waals surface area contributed by atoms with E-state index in [0.717, 1.165) is 55.4 Å². The fourth-order valence-electron chi connectivity index (χ4n) is 5.85. The molecule has 204 valence electrons. The van der Waals surface area contributed by atoms with Gasteiger partial charge in [-0.25, -0.2) is 14.8 Å². The van der Waals surface area contributed by atoms with E-state index in [-0.39, 0.29) is 24.5 Å². The van der Waals surface area contributed by atoms with Crippen molar-refractivity contribution >= 4 is 33.9 Å². The van der Waals surface area contributed by atoms with Crippen LogP contribution in [0, 0.1) is 6.92 Å². The van der Waals surface area contributed by atoms with Crippen LogP contribution in [-0.4, -0.2) is 66.3 Å². The molecule has 0 saturated carbocycles. The molecule has 39 heavy (non-hydrogen) atoms. The predicted molar refractivity (Wildman–Crippen MR) is 148 cm³/mol. The zero-order chi connectivity index (χ0) is 27.3. The Bertz CT molecular complexity index is 1700. The summed E-state index contributed by atoms with van der Waals surface area (Å²) in [6.45, 7) is 4.06. The number of hydrogen-bond donors (Lipinski definition) is 2. The van der Waals surface area contributed by atoms with Gasteiger partial charge in [0.2, 0.25) is 11.9 Å². The molecular formula is C27H33N9O3. The van der Waals surface area contributed by atoms with E-state index in [4.69, 9.17) is 4.98 Å². The Labute approximate surface area is 224 Å². The Morgan fingerprint density at radius 1 is 1.08 bits per heavy atom. The van der Waals surface area contributed by atoms with Gasteiger partial charge >= 0.3 is 5.69 Å². The van der Waals surface area contributed by atoms with Crippen LogP contribution >= 0.6 is 0 Å². The second-order valence-electron chi connectivity index (χ2n) is 10.6. The number of aromatic nitrogens is 6. The van der Waals surface area contributed by atoms with E-state index in [0.29, 0.717) is 29.5 Å². The first-order valence-corrected chi connectivity index (χ1v) is 13.5. The van der Waals surface area contributed by atoms with Crippen molar-refractivity contribution < 1.29 is 4.79 Å². The average Bonchev–Trinajstić information content (AvgIpc) is 3.59. The van der Waals surface area contributed by atoms with Crippen molar-refractivity contribution in [2.24, 2.45) is 14.1 Å². The maximum absolute atomic E-state index is 13.7. The highest BCUT2D eigenvalue weighted by Gasteiger charge is 2.29. The van der Waals surface area contributed by atoms with E-state index in [9.17, 15) is 14.4 Å². The summed E-state index contributed by atoms with van der Waals surface area (Å²) in [5.41, 5.74) is 1.32. The van der Waals surface area contributed by atoms with Crippen LogP contribution in [0.2, 0.25) is 0 Å². The average molecular weight is 532 g/mol. The molecule has 6 rings (SSSR count). The summed E-state index contributed by atoms with van der Waals surface area (Å²) in [5.74, 6) is 1.05. The van der Waals surface area contributed by atoms with Crippen LogP contribution in [0.4, 0.5) is 5.95 Å². The number of nitrogens with one attached hydrogen (secondary N) is 2. The number of amides is 1. The maximum atomic E-state index is 13.7. The number of rotatable bonds is 5. The van der Waals surface area contributed by atoms with E-state index in [1.54, 1.807) is 18.7 Å². The van der Waals surface area contributed by atoms with Gasteiger partial charge < -0.3 is 20.1 Å². The van der Waals surface area contributed by atoms with E-state index in [1.807, 2.05) is 31.2 Å². The van der Waals surface area contributed by atoms with Gasteiger partial charge in [0.05, 0.1) is 18.1 Å². The Morgan fingerprint density at radius 2 is 1.90 bits per heavy atom. The molecule has 2 saturated heterocycles. The molecule has 1 aromatic carbocycles. The van der Waals surface area contributed by atoms with Crippen molar-refractivity contribution in [3.8, 4) is 0 Å². The molecule has 2 unspecified atom stereocenters. The summed E-state index contributed by atoms with van der Waals surface area (Å²) >= 11 is 0. The molecule has 0 spiro atoms. The van der Waals surface area contributed by atoms with Crippen LogP contribution in [-0.2, 0) is 25.4 Å². The monoisotopic (exact) mass is 531 g/mol.